The lowest BCUT2D eigenvalue weighted by Crippen LogP contribution is -2.34. The van der Waals surface area contributed by atoms with Crippen molar-refractivity contribution >= 4 is 12.4 Å². The van der Waals surface area contributed by atoms with Gasteiger partial charge in [-0.3, -0.25) is 4.98 Å². The maximum atomic E-state index is 6.34. The van der Waals surface area contributed by atoms with Gasteiger partial charge in [0.1, 0.15) is 0 Å². The molecule has 6 heteroatoms. The van der Waals surface area contributed by atoms with E-state index in [4.69, 9.17) is 10.3 Å². The molecule has 1 fully saturated rings. The van der Waals surface area contributed by atoms with Crippen LogP contribution in [0.2, 0.25) is 0 Å². The largest absolute Gasteiger partial charge is 0.339 e. The molecule has 0 aromatic carbocycles. The molecule has 1 unspecified atom stereocenters. The number of hydrogen-bond donors (Lipinski definition) is 1. The van der Waals surface area contributed by atoms with E-state index in [1.54, 1.807) is 6.20 Å². The molecule has 0 aliphatic heterocycles. The Kier molecular flexibility index (Phi) is 4.96. The first kappa shape index (κ1) is 15.9. The highest BCUT2D eigenvalue weighted by Crippen LogP contribution is 2.34. The monoisotopic (exact) mass is 308 g/mol. The van der Waals surface area contributed by atoms with Crippen LogP contribution in [0.15, 0.2) is 29.0 Å². The SMILES string of the molecule is CC(Cc1nc(C2(N)CCCC2)no1)c1cccnc1.Cl. The molecule has 1 aliphatic carbocycles. The van der Waals surface area contributed by atoms with Gasteiger partial charge in [0.15, 0.2) is 5.82 Å². The molecule has 1 aliphatic rings. The Morgan fingerprint density at radius 2 is 2.14 bits per heavy atom. The van der Waals surface area contributed by atoms with Gasteiger partial charge >= 0.3 is 0 Å². The van der Waals surface area contributed by atoms with E-state index in [-0.39, 0.29) is 17.9 Å². The minimum atomic E-state index is -0.376. The number of halogens is 1. The minimum Gasteiger partial charge on any atom is -0.339 e. The molecule has 0 bridgehead atoms. The average Bonchev–Trinajstić information content (AvgIpc) is 3.10. The zero-order valence-electron chi connectivity index (χ0n) is 12.2. The standard InChI is InChI=1S/C15H20N4O.ClH/c1-11(12-5-4-8-17-10-12)9-13-18-14(19-20-13)15(16)6-2-3-7-15;/h4-5,8,10-11H,2-3,6-7,9,16H2,1H3;1H. The van der Waals surface area contributed by atoms with Crippen molar-refractivity contribution in [1.82, 2.24) is 15.1 Å². The van der Waals surface area contributed by atoms with Gasteiger partial charge in [-0.05, 0) is 30.4 Å². The summed E-state index contributed by atoms with van der Waals surface area (Å²) in [6.45, 7) is 2.13. The third-order valence-corrected chi connectivity index (χ3v) is 4.14. The van der Waals surface area contributed by atoms with Crippen molar-refractivity contribution in [2.24, 2.45) is 5.73 Å². The number of hydrogen-bond acceptors (Lipinski definition) is 5. The first-order chi connectivity index (χ1) is 9.67. The molecule has 3 rings (SSSR count). The molecular weight excluding hydrogens is 288 g/mol. The van der Waals surface area contributed by atoms with Crippen LogP contribution in [0.4, 0.5) is 0 Å². The summed E-state index contributed by atoms with van der Waals surface area (Å²) in [4.78, 5) is 8.65. The molecule has 5 nitrogen and oxygen atoms in total. The summed E-state index contributed by atoms with van der Waals surface area (Å²) in [5.74, 6) is 1.63. The van der Waals surface area contributed by atoms with E-state index < -0.39 is 0 Å². The fourth-order valence-corrected chi connectivity index (χ4v) is 2.82. The summed E-state index contributed by atoms with van der Waals surface area (Å²) in [7, 11) is 0. The van der Waals surface area contributed by atoms with Crippen molar-refractivity contribution in [1.29, 1.82) is 0 Å². The molecule has 2 aromatic heterocycles. The highest BCUT2D eigenvalue weighted by molar-refractivity contribution is 5.85. The van der Waals surface area contributed by atoms with Gasteiger partial charge in [-0.25, -0.2) is 0 Å². The summed E-state index contributed by atoms with van der Waals surface area (Å²) in [6.07, 6.45) is 8.56. The van der Waals surface area contributed by atoms with Crippen LogP contribution in [-0.2, 0) is 12.0 Å². The number of pyridine rings is 1. The van der Waals surface area contributed by atoms with Crippen molar-refractivity contribution in [3.05, 3.63) is 41.8 Å². The average molecular weight is 309 g/mol. The summed E-state index contributed by atoms with van der Waals surface area (Å²) < 4.78 is 5.37. The zero-order valence-corrected chi connectivity index (χ0v) is 13.0. The molecule has 1 atom stereocenters. The van der Waals surface area contributed by atoms with Crippen LogP contribution in [0.1, 0.15) is 55.8 Å². The third kappa shape index (κ3) is 3.41. The van der Waals surface area contributed by atoms with Crippen molar-refractivity contribution < 1.29 is 4.52 Å². The summed E-state index contributed by atoms with van der Waals surface area (Å²) in [5, 5.41) is 4.09. The summed E-state index contributed by atoms with van der Waals surface area (Å²) >= 11 is 0. The van der Waals surface area contributed by atoms with Crippen LogP contribution in [0.25, 0.3) is 0 Å². The van der Waals surface area contributed by atoms with Crippen LogP contribution < -0.4 is 5.73 Å². The van der Waals surface area contributed by atoms with E-state index in [1.807, 2.05) is 12.3 Å². The van der Waals surface area contributed by atoms with Crippen LogP contribution in [-0.4, -0.2) is 15.1 Å². The van der Waals surface area contributed by atoms with Crippen LogP contribution in [0.3, 0.4) is 0 Å². The quantitative estimate of drug-likeness (QED) is 0.939. The lowest BCUT2D eigenvalue weighted by molar-refractivity contribution is 0.345. The highest BCUT2D eigenvalue weighted by atomic mass is 35.5. The number of nitrogens with two attached hydrogens (primary N) is 1. The van der Waals surface area contributed by atoms with Gasteiger partial charge in [0.05, 0.1) is 5.54 Å². The highest BCUT2D eigenvalue weighted by Gasteiger charge is 2.36. The molecule has 114 valence electrons. The molecule has 0 saturated heterocycles. The molecular formula is C15H21ClN4O. The lowest BCUT2D eigenvalue weighted by Gasteiger charge is -2.17. The summed E-state index contributed by atoms with van der Waals surface area (Å²) in [6, 6.07) is 4.01. The number of rotatable bonds is 4. The first-order valence-corrected chi connectivity index (χ1v) is 7.19. The first-order valence-electron chi connectivity index (χ1n) is 7.19. The molecule has 2 heterocycles. The maximum Gasteiger partial charge on any atom is 0.227 e. The number of aromatic nitrogens is 3. The van der Waals surface area contributed by atoms with Crippen LogP contribution in [0, 0.1) is 0 Å². The van der Waals surface area contributed by atoms with Crippen LogP contribution in [0.5, 0.6) is 0 Å². The minimum absolute atomic E-state index is 0. The van der Waals surface area contributed by atoms with Crippen molar-refractivity contribution in [3.8, 4) is 0 Å². The van der Waals surface area contributed by atoms with E-state index in [0.717, 1.165) is 32.1 Å². The molecule has 0 spiro atoms. The second kappa shape index (κ2) is 6.54. The summed E-state index contributed by atoms with van der Waals surface area (Å²) in [5.41, 5.74) is 7.14. The smallest absolute Gasteiger partial charge is 0.227 e. The van der Waals surface area contributed by atoms with Gasteiger partial charge in [-0.2, -0.15) is 4.98 Å². The van der Waals surface area contributed by atoms with Crippen LogP contribution >= 0.6 is 12.4 Å². The third-order valence-electron chi connectivity index (χ3n) is 4.14. The molecule has 0 radical (unpaired) electrons. The zero-order chi connectivity index (χ0) is 14.0. The predicted molar refractivity (Wildman–Crippen MR) is 82.2 cm³/mol. The molecule has 2 N–H and O–H groups in total. The van der Waals surface area contributed by atoms with E-state index in [1.165, 1.54) is 5.56 Å². The van der Waals surface area contributed by atoms with E-state index in [9.17, 15) is 0 Å². The van der Waals surface area contributed by atoms with Gasteiger partial charge in [-0.15, -0.1) is 12.4 Å². The second-order valence-corrected chi connectivity index (χ2v) is 5.77. The molecule has 2 aromatic rings. The Hall–Kier alpha value is -1.46. The van der Waals surface area contributed by atoms with Gasteiger partial charge in [-0.1, -0.05) is 31.0 Å². The Morgan fingerprint density at radius 1 is 1.38 bits per heavy atom. The van der Waals surface area contributed by atoms with Gasteiger partial charge in [0.25, 0.3) is 0 Å². The van der Waals surface area contributed by atoms with E-state index in [0.29, 0.717) is 17.6 Å². The Bertz CT molecular complexity index is 566. The van der Waals surface area contributed by atoms with Gasteiger partial charge in [0.2, 0.25) is 5.89 Å². The molecule has 0 amide bonds. The van der Waals surface area contributed by atoms with Crippen molar-refractivity contribution in [2.45, 2.75) is 50.5 Å². The van der Waals surface area contributed by atoms with E-state index >= 15 is 0 Å². The van der Waals surface area contributed by atoms with Crippen molar-refractivity contribution in [2.75, 3.05) is 0 Å². The fourth-order valence-electron chi connectivity index (χ4n) is 2.82. The van der Waals surface area contributed by atoms with E-state index in [2.05, 4.69) is 28.1 Å². The Balaban J connectivity index is 0.00000161. The maximum absolute atomic E-state index is 6.34. The molecule has 1 saturated carbocycles. The second-order valence-electron chi connectivity index (χ2n) is 5.77. The fraction of sp³-hybridized carbons (Fsp3) is 0.533. The normalized spacial score (nSPS) is 18.2. The van der Waals surface area contributed by atoms with Gasteiger partial charge < -0.3 is 10.3 Å². The topological polar surface area (TPSA) is 77.8 Å². The lowest BCUT2D eigenvalue weighted by atomic mass is 9.98. The number of nitrogens with zero attached hydrogens (tertiary/aromatic N) is 3. The predicted octanol–water partition coefficient (Wildman–Crippen LogP) is 2.96. The molecule has 21 heavy (non-hydrogen) atoms. The Morgan fingerprint density at radius 3 is 2.81 bits per heavy atom. The Labute approximate surface area is 130 Å². The van der Waals surface area contributed by atoms with Gasteiger partial charge in [0, 0.05) is 18.8 Å². The van der Waals surface area contributed by atoms with Crippen molar-refractivity contribution in [3.63, 3.8) is 0 Å².